The molecule has 0 saturated carbocycles. The summed E-state index contributed by atoms with van der Waals surface area (Å²) >= 11 is 0. The van der Waals surface area contributed by atoms with Crippen molar-refractivity contribution in [3.8, 4) is 0 Å². The van der Waals surface area contributed by atoms with Gasteiger partial charge in [0.2, 0.25) is 0 Å². The molecule has 1 unspecified atom stereocenters. The third-order valence-electron chi connectivity index (χ3n) is 3.93. The number of halogens is 3. The molecule has 1 aliphatic heterocycles. The number of aliphatic hydroxyl groups is 1. The highest BCUT2D eigenvalue weighted by Gasteiger charge is 2.40. The van der Waals surface area contributed by atoms with Gasteiger partial charge in [0.25, 0.3) is 5.91 Å². The van der Waals surface area contributed by atoms with E-state index < -0.39 is 29.4 Å². The van der Waals surface area contributed by atoms with Crippen LogP contribution in [0.2, 0.25) is 0 Å². The lowest BCUT2D eigenvalue weighted by Crippen LogP contribution is -2.50. The van der Waals surface area contributed by atoms with Gasteiger partial charge < -0.3 is 10.0 Å². The Hall–Kier alpha value is -1.61. The van der Waals surface area contributed by atoms with Crippen LogP contribution in [0.3, 0.4) is 0 Å². The second-order valence-corrected chi connectivity index (χ2v) is 5.72. The zero-order chi connectivity index (χ0) is 17.2. The number of rotatable bonds is 4. The minimum atomic E-state index is -4.65. The van der Waals surface area contributed by atoms with Crippen molar-refractivity contribution in [3.05, 3.63) is 17.5 Å². The Morgan fingerprint density at radius 2 is 1.96 bits per heavy atom. The minimum Gasteiger partial charge on any atom is -0.392 e. The molecule has 23 heavy (non-hydrogen) atoms. The SMILES string of the molecule is CCC(O)CN1CCN(C(=O)c2cn(C)nc2C(F)(F)F)CC1. The molecule has 0 aromatic carbocycles. The molecule has 1 atom stereocenters. The smallest absolute Gasteiger partial charge is 0.392 e. The van der Waals surface area contributed by atoms with Crippen LogP contribution in [-0.4, -0.2) is 69.4 Å². The first-order valence-corrected chi connectivity index (χ1v) is 7.53. The number of β-amino-alcohol motifs (C(OH)–C–C–N with tert-alkyl or cyclic N) is 1. The van der Waals surface area contributed by atoms with Crippen LogP contribution in [0.25, 0.3) is 0 Å². The lowest BCUT2D eigenvalue weighted by Gasteiger charge is -2.35. The van der Waals surface area contributed by atoms with Crippen molar-refractivity contribution < 1.29 is 23.1 Å². The van der Waals surface area contributed by atoms with Crippen molar-refractivity contribution in [2.75, 3.05) is 32.7 Å². The quantitative estimate of drug-likeness (QED) is 0.891. The number of piperazine rings is 1. The van der Waals surface area contributed by atoms with Gasteiger partial charge in [-0.3, -0.25) is 14.4 Å². The third kappa shape index (κ3) is 4.23. The lowest BCUT2D eigenvalue weighted by atomic mass is 10.2. The number of aliphatic hydroxyl groups excluding tert-OH is 1. The molecule has 130 valence electrons. The summed E-state index contributed by atoms with van der Waals surface area (Å²) in [5, 5.41) is 13.0. The number of hydrogen-bond acceptors (Lipinski definition) is 4. The maximum absolute atomic E-state index is 13.0. The van der Waals surface area contributed by atoms with E-state index in [2.05, 4.69) is 5.10 Å². The van der Waals surface area contributed by atoms with E-state index in [1.54, 1.807) is 0 Å². The first-order valence-electron chi connectivity index (χ1n) is 7.53. The molecule has 6 nitrogen and oxygen atoms in total. The molecule has 2 heterocycles. The van der Waals surface area contributed by atoms with Gasteiger partial charge in [-0.1, -0.05) is 6.92 Å². The van der Waals surface area contributed by atoms with Crippen molar-refractivity contribution >= 4 is 5.91 Å². The Labute approximate surface area is 132 Å². The van der Waals surface area contributed by atoms with E-state index in [1.807, 2.05) is 11.8 Å². The monoisotopic (exact) mass is 334 g/mol. The molecule has 0 aliphatic carbocycles. The largest absolute Gasteiger partial charge is 0.435 e. The third-order valence-corrected chi connectivity index (χ3v) is 3.93. The zero-order valence-electron chi connectivity index (χ0n) is 13.2. The molecule has 1 N–H and O–H groups in total. The molecule has 0 spiro atoms. The van der Waals surface area contributed by atoms with Crippen molar-refractivity contribution in [1.29, 1.82) is 0 Å². The van der Waals surface area contributed by atoms with Crippen LogP contribution in [0.1, 0.15) is 29.4 Å². The molecule has 1 amide bonds. The van der Waals surface area contributed by atoms with E-state index in [1.165, 1.54) is 11.9 Å². The summed E-state index contributed by atoms with van der Waals surface area (Å²) in [5.74, 6) is -0.652. The van der Waals surface area contributed by atoms with Crippen LogP contribution in [0, 0.1) is 0 Å². The predicted octanol–water partition coefficient (Wildman–Crippen LogP) is 0.968. The minimum absolute atomic E-state index is 0.335. The fourth-order valence-electron chi connectivity index (χ4n) is 2.59. The number of carbonyl (C=O) groups excluding carboxylic acids is 1. The van der Waals surface area contributed by atoms with E-state index in [4.69, 9.17) is 0 Å². The van der Waals surface area contributed by atoms with E-state index in [0.29, 0.717) is 39.1 Å². The van der Waals surface area contributed by atoms with E-state index >= 15 is 0 Å². The fourth-order valence-corrected chi connectivity index (χ4v) is 2.59. The summed E-state index contributed by atoms with van der Waals surface area (Å²) < 4.78 is 39.9. The van der Waals surface area contributed by atoms with E-state index in [-0.39, 0.29) is 0 Å². The second-order valence-electron chi connectivity index (χ2n) is 5.72. The summed E-state index contributed by atoms with van der Waals surface area (Å²) in [5.41, 5.74) is -1.56. The highest BCUT2D eigenvalue weighted by Crippen LogP contribution is 2.31. The maximum Gasteiger partial charge on any atom is 0.435 e. The highest BCUT2D eigenvalue weighted by molar-refractivity contribution is 5.95. The van der Waals surface area contributed by atoms with Crippen LogP contribution >= 0.6 is 0 Å². The summed E-state index contributed by atoms with van der Waals surface area (Å²) in [6.07, 6.45) is -3.33. The number of alkyl halides is 3. The Morgan fingerprint density at radius 1 is 1.35 bits per heavy atom. The first kappa shape index (κ1) is 17.7. The van der Waals surface area contributed by atoms with Crippen molar-refractivity contribution in [3.63, 3.8) is 0 Å². The lowest BCUT2D eigenvalue weighted by molar-refractivity contribution is -0.141. The van der Waals surface area contributed by atoms with Crippen molar-refractivity contribution in [1.82, 2.24) is 19.6 Å². The van der Waals surface area contributed by atoms with Crippen LogP contribution in [0.4, 0.5) is 13.2 Å². The van der Waals surface area contributed by atoms with Crippen LogP contribution in [-0.2, 0) is 13.2 Å². The molecule has 1 aliphatic rings. The summed E-state index contributed by atoms with van der Waals surface area (Å²) in [6.45, 7) is 4.13. The number of aromatic nitrogens is 2. The maximum atomic E-state index is 13.0. The molecule has 1 fully saturated rings. The number of amides is 1. The van der Waals surface area contributed by atoms with Crippen LogP contribution in [0.5, 0.6) is 0 Å². The summed E-state index contributed by atoms with van der Waals surface area (Å²) in [6, 6.07) is 0. The summed E-state index contributed by atoms with van der Waals surface area (Å²) in [4.78, 5) is 15.8. The van der Waals surface area contributed by atoms with Gasteiger partial charge in [-0.15, -0.1) is 0 Å². The summed E-state index contributed by atoms with van der Waals surface area (Å²) in [7, 11) is 1.36. The molecule has 1 aromatic heterocycles. The fraction of sp³-hybridized carbons (Fsp3) is 0.714. The molecule has 2 rings (SSSR count). The van der Waals surface area contributed by atoms with Gasteiger partial charge in [-0.25, -0.2) is 0 Å². The zero-order valence-corrected chi connectivity index (χ0v) is 13.2. The molecule has 9 heteroatoms. The molecular formula is C14H21F3N4O2. The van der Waals surface area contributed by atoms with Gasteiger partial charge in [0.15, 0.2) is 5.69 Å². The number of aryl methyl sites for hydroxylation is 1. The molecule has 1 saturated heterocycles. The number of hydrogen-bond donors (Lipinski definition) is 1. The first-order chi connectivity index (χ1) is 10.7. The van der Waals surface area contributed by atoms with Gasteiger partial charge in [-0.05, 0) is 6.42 Å². The van der Waals surface area contributed by atoms with Crippen LogP contribution < -0.4 is 0 Å². The average molecular weight is 334 g/mol. The molecular weight excluding hydrogens is 313 g/mol. The van der Waals surface area contributed by atoms with Crippen LogP contribution in [0.15, 0.2) is 6.20 Å². The number of carbonyl (C=O) groups is 1. The van der Waals surface area contributed by atoms with E-state index in [0.717, 1.165) is 10.9 Å². The average Bonchev–Trinajstić information content (AvgIpc) is 2.89. The predicted molar refractivity (Wildman–Crippen MR) is 76.9 cm³/mol. The van der Waals surface area contributed by atoms with Gasteiger partial charge in [0.05, 0.1) is 11.7 Å². The molecule has 1 aromatic rings. The highest BCUT2D eigenvalue weighted by atomic mass is 19.4. The molecule has 0 bridgehead atoms. The topological polar surface area (TPSA) is 61.6 Å². The van der Waals surface area contributed by atoms with Gasteiger partial charge in [0, 0.05) is 46.0 Å². The number of nitrogens with zero attached hydrogens (tertiary/aromatic N) is 4. The Bertz CT molecular complexity index is 551. The van der Waals surface area contributed by atoms with Crippen molar-refractivity contribution in [2.45, 2.75) is 25.6 Å². The second kappa shape index (κ2) is 6.88. The molecule has 0 radical (unpaired) electrons. The van der Waals surface area contributed by atoms with Gasteiger partial charge in [-0.2, -0.15) is 18.3 Å². The normalized spacial score (nSPS) is 18.3. The van der Waals surface area contributed by atoms with Gasteiger partial charge in [0.1, 0.15) is 0 Å². The Morgan fingerprint density at radius 3 is 2.48 bits per heavy atom. The van der Waals surface area contributed by atoms with Gasteiger partial charge >= 0.3 is 6.18 Å². The van der Waals surface area contributed by atoms with E-state index in [9.17, 15) is 23.1 Å². The standard InChI is InChI=1S/C14H21F3N4O2/c1-3-10(22)8-20-4-6-21(7-5-20)13(23)11-9-19(2)18-12(11)14(15,16)17/h9-10,22H,3-8H2,1-2H3. The Balaban J connectivity index is 2.03. The van der Waals surface area contributed by atoms with Crippen molar-refractivity contribution in [2.24, 2.45) is 7.05 Å². The Kier molecular flexibility index (Phi) is 5.30.